The van der Waals surface area contributed by atoms with Gasteiger partial charge in [0.2, 0.25) is 10.0 Å². The molecular formula is C19H22N2O3S3. The standard InChI is InChI=1S/C19H22N2O3S3/c1-3-11-21-17-9-8-16(13-18(17)26-19(21)22)27(23,24)20-10-12-25-15-6-4-14(2)5-7-15/h4-9,13,20H,3,10-12H2,1-2H3. The third-order valence-corrected chi connectivity index (χ3v) is 7.50. The van der Waals surface area contributed by atoms with Gasteiger partial charge in [-0.15, -0.1) is 11.8 Å². The van der Waals surface area contributed by atoms with Crippen LogP contribution in [0.1, 0.15) is 18.9 Å². The molecule has 1 aromatic heterocycles. The van der Waals surface area contributed by atoms with E-state index < -0.39 is 10.0 Å². The number of nitrogens with one attached hydrogen (secondary N) is 1. The minimum absolute atomic E-state index is 0.0520. The average Bonchev–Trinajstić information content (AvgIpc) is 2.95. The molecule has 0 aliphatic rings. The maximum Gasteiger partial charge on any atom is 0.308 e. The molecule has 0 fully saturated rings. The number of thioether (sulfide) groups is 1. The maximum absolute atomic E-state index is 12.5. The Kier molecular flexibility index (Phi) is 6.41. The van der Waals surface area contributed by atoms with E-state index in [-0.39, 0.29) is 9.77 Å². The van der Waals surface area contributed by atoms with Crippen LogP contribution in [0.2, 0.25) is 0 Å². The molecule has 144 valence electrons. The molecule has 1 N–H and O–H groups in total. The lowest BCUT2D eigenvalue weighted by Gasteiger charge is -2.08. The van der Waals surface area contributed by atoms with E-state index in [1.165, 1.54) is 5.56 Å². The molecule has 0 saturated heterocycles. The smallest absolute Gasteiger partial charge is 0.299 e. The lowest BCUT2D eigenvalue weighted by molar-refractivity contribution is 0.584. The molecule has 27 heavy (non-hydrogen) atoms. The van der Waals surface area contributed by atoms with E-state index in [2.05, 4.69) is 4.72 Å². The molecule has 0 spiro atoms. The maximum atomic E-state index is 12.5. The monoisotopic (exact) mass is 422 g/mol. The Hall–Kier alpha value is -1.61. The van der Waals surface area contributed by atoms with Gasteiger partial charge in [0.25, 0.3) is 0 Å². The zero-order valence-corrected chi connectivity index (χ0v) is 17.7. The summed E-state index contributed by atoms with van der Waals surface area (Å²) in [5.41, 5.74) is 1.99. The van der Waals surface area contributed by atoms with Gasteiger partial charge < -0.3 is 0 Å². The van der Waals surface area contributed by atoms with Crippen molar-refractivity contribution in [1.29, 1.82) is 0 Å². The molecule has 5 nitrogen and oxygen atoms in total. The quantitative estimate of drug-likeness (QED) is 0.442. The zero-order chi connectivity index (χ0) is 19.4. The van der Waals surface area contributed by atoms with E-state index in [0.29, 0.717) is 23.5 Å². The molecular weight excluding hydrogens is 400 g/mol. The first-order chi connectivity index (χ1) is 12.9. The summed E-state index contributed by atoms with van der Waals surface area (Å²) in [6, 6.07) is 13.0. The van der Waals surface area contributed by atoms with E-state index in [0.717, 1.165) is 28.2 Å². The summed E-state index contributed by atoms with van der Waals surface area (Å²) in [7, 11) is -3.60. The Labute approximate surface area is 167 Å². The van der Waals surface area contributed by atoms with Crippen LogP contribution in [-0.4, -0.2) is 25.3 Å². The van der Waals surface area contributed by atoms with Gasteiger partial charge >= 0.3 is 4.87 Å². The van der Waals surface area contributed by atoms with Crippen LogP contribution in [0.4, 0.5) is 0 Å². The highest BCUT2D eigenvalue weighted by Crippen LogP contribution is 2.22. The Morgan fingerprint density at radius 3 is 2.59 bits per heavy atom. The van der Waals surface area contributed by atoms with Gasteiger partial charge in [-0.25, -0.2) is 13.1 Å². The molecule has 3 rings (SSSR count). The normalized spacial score (nSPS) is 11.9. The number of nitrogens with zero attached hydrogens (tertiary/aromatic N) is 1. The van der Waals surface area contributed by atoms with Crippen molar-refractivity contribution < 1.29 is 8.42 Å². The van der Waals surface area contributed by atoms with Crippen LogP contribution in [0, 0.1) is 6.92 Å². The minimum Gasteiger partial charge on any atom is -0.299 e. The van der Waals surface area contributed by atoms with Crippen molar-refractivity contribution in [1.82, 2.24) is 9.29 Å². The largest absolute Gasteiger partial charge is 0.308 e. The van der Waals surface area contributed by atoms with Crippen LogP contribution in [0.5, 0.6) is 0 Å². The fourth-order valence-corrected chi connectivity index (χ4v) is 5.70. The van der Waals surface area contributed by atoms with Crippen molar-refractivity contribution in [2.24, 2.45) is 0 Å². The molecule has 2 aromatic carbocycles. The average molecular weight is 423 g/mol. The first-order valence-corrected chi connectivity index (χ1v) is 12.0. The highest BCUT2D eigenvalue weighted by atomic mass is 32.2. The minimum atomic E-state index is -3.60. The number of sulfonamides is 1. The van der Waals surface area contributed by atoms with Gasteiger partial charge in [-0.2, -0.15) is 0 Å². The van der Waals surface area contributed by atoms with Crippen LogP contribution in [0.15, 0.2) is 57.1 Å². The van der Waals surface area contributed by atoms with Crippen LogP contribution in [0.25, 0.3) is 10.2 Å². The van der Waals surface area contributed by atoms with E-state index in [4.69, 9.17) is 0 Å². The summed E-state index contributed by atoms with van der Waals surface area (Å²) in [5.74, 6) is 0.644. The number of hydrogen-bond acceptors (Lipinski definition) is 5. The van der Waals surface area contributed by atoms with E-state index in [1.807, 2.05) is 38.1 Å². The van der Waals surface area contributed by atoms with Crippen molar-refractivity contribution >= 4 is 43.3 Å². The van der Waals surface area contributed by atoms with E-state index in [9.17, 15) is 13.2 Å². The Morgan fingerprint density at radius 1 is 1.15 bits per heavy atom. The number of aromatic nitrogens is 1. The van der Waals surface area contributed by atoms with Crippen LogP contribution < -0.4 is 9.60 Å². The SMILES string of the molecule is CCCn1c(=O)sc2cc(S(=O)(=O)NCCSc3ccc(C)cc3)ccc21. The summed E-state index contributed by atoms with van der Waals surface area (Å²) in [6.07, 6.45) is 0.853. The molecule has 0 saturated carbocycles. The second-order valence-corrected chi connectivity index (χ2v) is 10.1. The fourth-order valence-electron chi connectivity index (χ4n) is 2.71. The number of benzene rings is 2. The van der Waals surface area contributed by atoms with Crippen LogP contribution in [-0.2, 0) is 16.6 Å². The van der Waals surface area contributed by atoms with Crippen LogP contribution >= 0.6 is 23.1 Å². The fraction of sp³-hybridized carbons (Fsp3) is 0.316. The molecule has 0 atom stereocenters. The zero-order valence-electron chi connectivity index (χ0n) is 15.3. The van der Waals surface area contributed by atoms with Crippen molar-refractivity contribution in [3.63, 3.8) is 0 Å². The number of aryl methyl sites for hydroxylation is 2. The third kappa shape index (κ3) is 4.82. The highest BCUT2D eigenvalue weighted by molar-refractivity contribution is 7.99. The van der Waals surface area contributed by atoms with E-state index in [1.54, 1.807) is 34.5 Å². The molecule has 8 heteroatoms. The molecule has 0 amide bonds. The summed E-state index contributed by atoms with van der Waals surface area (Å²) >= 11 is 2.70. The van der Waals surface area contributed by atoms with Crippen molar-refractivity contribution in [3.05, 3.63) is 57.7 Å². The molecule has 0 aliphatic carbocycles. The van der Waals surface area contributed by atoms with Gasteiger partial charge in [-0.3, -0.25) is 9.36 Å². The molecule has 1 heterocycles. The summed E-state index contributed by atoms with van der Waals surface area (Å²) < 4.78 is 30.1. The Balaban J connectivity index is 1.67. The van der Waals surface area contributed by atoms with Crippen LogP contribution in [0.3, 0.4) is 0 Å². The summed E-state index contributed by atoms with van der Waals surface area (Å²) in [5, 5.41) is 0. The first-order valence-electron chi connectivity index (χ1n) is 8.73. The predicted molar refractivity (Wildman–Crippen MR) is 113 cm³/mol. The lowest BCUT2D eigenvalue weighted by Crippen LogP contribution is -2.26. The van der Waals surface area contributed by atoms with Crippen molar-refractivity contribution in [2.75, 3.05) is 12.3 Å². The van der Waals surface area contributed by atoms with Gasteiger partial charge in [-0.05, 0) is 43.7 Å². The highest BCUT2D eigenvalue weighted by Gasteiger charge is 2.16. The Bertz CT molecular complexity index is 1080. The van der Waals surface area contributed by atoms with Gasteiger partial charge in [0.05, 0.1) is 15.1 Å². The van der Waals surface area contributed by atoms with Crippen molar-refractivity contribution in [2.45, 2.75) is 36.6 Å². The van der Waals surface area contributed by atoms with Gasteiger partial charge in [-0.1, -0.05) is 36.0 Å². The summed E-state index contributed by atoms with van der Waals surface area (Å²) in [4.78, 5) is 13.3. The number of rotatable bonds is 8. The second kappa shape index (κ2) is 8.60. The van der Waals surface area contributed by atoms with Gasteiger partial charge in [0.15, 0.2) is 0 Å². The molecule has 3 aromatic rings. The third-order valence-electron chi connectivity index (χ3n) is 4.08. The molecule has 0 unspecified atom stereocenters. The molecule has 0 bridgehead atoms. The number of thiazole rings is 1. The van der Waals surface area contributed by atoms with E-state index >= 15 is 0 Å². The Morgan fingerprint density at radius 2 is 1.89 bits per heavy atom. The predicted octanol–water partition coefficient (Wildman–Crippen LogP) is 3.85. The van der Waals surface area contributed by atoms with Gasteiger partial charge in [0, 0.05) is 23.7 Å². The molecule has 0 aliphatic heterocycles. The lowest BCUT2D eigenvalue weighted by atomic mass is 10.2. The number of hydrogen-bond donors (Lipinski definition) is 1. The van der Waals surface area contributed by atoms with Crippen molar-refractivity contribution in [3.8, 4) is 0 Å². The molecule has 0 radical (unpaired) electrons. The number of fused-ring (bicyclic) bond motifs is 1. The van der Waals surface area contributed by atoms with Gasteiger partial charge in [0.1, 0.15) is 0 Å². The first kappa shape index (κ1) is 20.1. The topological polar surface area (TPSA) is 68.2 Å². The second-order valence-electron chi connectivity index (χ2n) is 6.21. The summed E-state index contributed by atoms with van der Waals surface area (Å²) in [6.45, 7) is 5.02.